The number of carbonyl (C=O) groups excluding carboxylic acids is 1. The van der Waals surface area contributed by atoms with Gasteiger partial charge >= 0.3 is 0 Å². The van der Waals surface area contributed by atoms with E-state index in [1.54, 1.807) is 0 Å². The number of aryl methyl sites for hydroxylation is 1. The second kappa shape index (κ2) is 5.69. The molecule has 0 aliphatic heterocycles. The highest BCUT2D eigenvalue weighted by Crippen LogP contribution is 2.22. The van der Waals surface area contributed by atoms with Gasteiger partial charge in [0.25, 0.3) is 0 Å². The van der Waals surface area contributed by atoms with Gasteiger partial charge in [0, 0.05) is 6.42 Å². The van der Waals surface area contributed by atoms with Gasteiger partial charge in [-0.2, -0.15) is 0 Å². The summed E-state index contributed by atoms with van der Waals surface area (Å²) >= 11 is 0. The summed E-state index contributed by atoms with van der Waals surface area (Å²) in [6.45, 7) is 8.69. The topological polar surface area (TPSA) is 26.3 Å². The van der Waals surface area contributed by atoms with Crippen molar-refractivity contribution in [1.82, 2.24) is 0 Å². The molecule has 1 aromatic carbocycles. The first-order valence-electron chi connectivity index (χ1n) is 5.81. The number of hydrogen-bond donors (Lipinski definition) is 0. The zero-order chi connectivity index (χ0) is 12.1. The Labute approximate surface area is 97.6 Å². The van der Waals surface area contributed by atoms with E-state index in [1.807, 2.05) is 32.0 Å². The minimum atomic E-state index is 0.141. The smallest absolute Gasteiger partial charge is 0.166 e. The Bertz CT molecular complexity index is 367. The third-order valence-electron chi connectivity index (χ3n) is 2.33. The number of ketones is 1. The summed E-state index contributed by atoms with van der Waals surface area (Å²) in [4.78, 5) is 11.8. The average Bonchev–Trinajstić information content (AvgIpc) is 2.26. The molecule has 1 rings (SSSR count). The highest BCUT2D eigenvalue weighted by atomic mass is 16.5. The van der Waals surface area contributed by atoms with E-state index in [9.17, 15) is 4.79 Å². The maximum atomic E-state index is 11.8. The predicted molar refractivity (Wildman–Crippen MR) is 66.1 cm³/mol. The molecule has 0 aliphatic rings. The average molecular weight is 220 g/mol. The van der Waals surface area contributed by atoms with Crippen molar-refractivity contribution in [1.29, 1.82) is 0 Å². The van der Waals surface area contributed by atoms with Gasteiger partial charge < -0.3 is 4.74 Å². The van der Waals surface area contributed by atoms with E-state index in [4.69, 9.17) is 4.74 Å². The molecule has 1 aromatic rings. The second-order valence-electron chi connectivity index (χ2n) is 4.48. The third kappa shape index (κ3) is 3.37. The van der Waals surface area contributed by atoms with E-state index in [0.29, 0.717) is 30.3 Å². The van der Waals surface area contributed by atoms with Crippen LogP contribution in [0.15, 0.2) is 18.2 Å². The van der Waals surface area contributed by atoms with E-state index >= 15 is 0 Å². The van der Waals surface area contributed by atoms with Gasteiger partial charge in [0.05, 0.1) is 12.2 Å². The molecule has 0 radical (unpaired) electrons. The van der Waals surface area contributed by atoms with E-state index in [-0.39, 0.29) is 5.78 Å². The van der Waals surface area contributed by atoms with Crippen molar-refractivity contribution in [2.24, 2.45) is 5.92 Å². The van der Waals surface area contributed by atoms with E-state index in [0.717, 1.165) is 5.56 Å². The van der Waals surface area contributed by atoms with Crippen molar-refractivity contribution in [3.05, 3.63) is 29.3 Å². The molecular weight excluding hydrogens is 200 g/mol. The Balaban J connectivity index is 2.93. The normalized spacial score (nSPS) is 10.6. The SMILES string of the molecule is CCC(=O)c1cc(C)ccc1OCC(C)C. The fourth-order valence-corrected chi connectivity index (χ4v) is 1.43. The van der Waals surface area contributed by atoms with Crippen LogP contribution < -0.4 is 4.74 Å². The van der Waals surface area contributed by atoms with Crippen molar-refractivity contribution in [3.63, 3.8) is 0 Å². The number of benzene rings is 1. The molecular formula is C14H20O2. The lowest BCUT2D eigenvalue weighted by molar-refractivity contribution is 0.0983. The van der Waals surface area contributed by atoms with Crippen LogP contribution >= 0.6 is 0 Å². The molecule has 0 aromatic heterocycles. The van der Waals surface area contributed by atoms with E-state index < -0.39 is 0 Å². The first-order valence-corrected chi connectivity index (χ1v) is 5.81. The monoisotopic (exact) mass is 220 g/mol. The fourth-order valence-electron chi connectivity index (χ4n) is 1.43. The van der Waals surface area contributed by atoms with Crippen LogP contribution in [-0.2, 0) is 0 Å². The quantitative estimate of drug-likeness (QED) is 0.708. The molecule has 0 atom stereocenters. The van der Waals surface area contributed by atoms with Crippen LogP contribution in [0.1, 0.15) is 43.1 Å². The zero-order valence-corrected chi connectivity index (χ0v) is 10.5. The summed E-state index contributed by atoms with van der Waals surface area (Å²) < 4.78 is 5.66. The van der Waals surface area contributed by atoms with Gasteiger partial charge in [0.1, 0.15) is 5.75 Å². The number of hydrogen-bond acceptors (Lipinski definition) is 2. The first-order chi connectivity index (χ1) is 7.54. The number of Topliss-reactive ketones (excluding diaryl/α,β-unsaturated/α-hetero) is 1. The molecule has 2 nitrogen and oxygen atoms in total. The Morgan fingerprint density at radius 2 is 2.06 bits per heavy atom. The standard InChI is InChI=1S/C14H20O2/c1-5-13(15)12-8-11(4)6-7-14(12)16-9-10(2)3/h6-8,10H,5,9H2,1-4H3. The second-order valence-corrected chi connectivity index (χ2v) is 4.48. The third-order valence-corrected chi connectivity index (χ3v) is 2.33. The predicted octanol–water partition coefficient (Wildman–Crippen LogP) is 3.62. The van der Waals surface area contributed by atoms with E-state index in [1.165, 1.54) is 0 Å². The van der Waals surface area contributed by atoms with Crippen LogP contribution in [-0.4, -0.2) is 12.4 Å². The lowest BCUT2D eigenvalue weighted by Gasteiger charge is -2.12. The lowest BCUT2D eigenvalue weighted by atomic mass is 10.0. The summed E-state index contributed by atoms with van der Waals surface area (Å²) in [5, 5.41) is 0. The maximum absolute atomic E-state index is 11.8. The van der Waals surface area contributed by atoms with Gasteiger partial charge in [0.15, 0.2) is 5.78 Å². The molecule has 0 bridgehead atoms. The van der Waals surface area contributed by atoms with Crippen LogP contribution in [0.4, 0.5) is 0 Å². The Hall–Kier alpha value is -1.31. The highest BCUT2D eigenvalue weighted by Gasteiger charge is 2.11. The van der Waals surface area contributed by atoms with Crippen molar-refractivity contribution in [3.8, 4) is 5.75 Å². The molecule has 0 fully saturated rings. The van der Waals surface area contributed by atoms with Gasteiger partial charge in [-0.3, -0.25) is 4.79 Å². The maximum Gasteiger partial charge on any atom is 0.166 e. The van der Waals surface area contributed by atoms with Crippen LogP contribution in [0.25, 0.3) is 0 Å². The lowest BCUT2D eigenvalue weighted by Crippen LogP contribution is -2.08. The summed E-state index contributed by atoms with van der Waals surface area (Å²) in [5.74, 6) is 1.32. The van der Waals surface area contributed by atoms with Crippen molar-refractivity contribution >= 4 is 5.78 Å². The molecule has 0 N–H and O–H groups in total. The van der Waals surface area contributed by atoms with Gasteiger partial charge in [0.2, 0.25) is 0 Å². The Morgan fingerprint density at radius 1 is 1.38 bits per heavy atom. The van der Waals surface area contributed by atoms with Crippen molar-refractivity contribution in [2.45, 2.75) is 34.1 Å². The summed E-state index contributed by atoms with van der Waals surface area (Å²) in [7, 11) is 0. The minimum Gasteiger partial charge on any atom is -0.493 e. The van der Waals surface area contributed by atoms with E-state index in [2.05, 4.69) is 13.8 Å². The minimum absolute atomic E-state index is 0.141. The fraction of sp³-hybridized carbons (Fsp3) is 0.500. The van der Waals surface area contributed by atoms with Crippen LogP contribution in [0.2, 0.25) is 0 Å². The van der Waals surface area contributed by atoms with Crippen molar-refractivity contribution < 1.29 is 9.53 Å². The Kier molecular flexibility index (Phi) is 4.53. The summed E-state index contributed by atoms with van der Waals surface area (Å²) in [6.07, 6.45) is 0.515. The number of rotatable bonds is 5. The molecule has 0 saturated heterocycles. The largest absolute Gasteiger partial charge is 0.493 e. The number of ether oxygens (including phenoxy) is 1. The van der Waals surface area contributed by atoms with Gasteiger partial charge in [-0.1, -0.05) is 32.4 Å². The highest BCUT2D eigenvalue weighted by molar-refractivity contribution is 5.98. The zero-order valence-electron chi connectivity index (χ0n) is 10.5. The summed E-state index contributed by atoms with van der Waals surface area (Å²) in [6, 6.07) is 5.77. The number of carbonyl (C=O) groups is 1. The van der Waals surface area contributed by atoms with Crippen molar-refractivity contribution in [2.75, 3.05) is 6.61 Å². The molecule has 0 unspecified atom stereocenters. The Morgan fingerprint density at radius 3 is 2.62 bits per heavy atom. The molecule has 2 heteroatoms. The first kappa shape index (κ1) is 12.8. The molecule has 0 heterocycles. The summed E-state index contributed by atoms with van der Waals surface area (Å²) in [5.41, 5.74) is 1.80. The van der Waals surface area contributed by atoms with Crippen LogP contribution in [0.5, 0.6) is 5.75 Å². The molecule has 0 spiro atoms. The van der Waals surface area contributed by atoms with Gasteiger partial charge in [-0.05, 0) is 25.0 Å². The molecule has 0 amide bonds. The molecule has 0 saturated carbocycles. The molecule has 0 aliphatic carbocycles. The molecule has 16 heavy (non-hydrogen) atoms. The van der Waals surface area contributed by atoms with Crippen LogP contribution in [0, 0.1) is 12.8 Å². The van der Waals surface area contributed by atoms with Gasteiger partial charge in [-0.25, -0.2) is 0 Å². The van der Waals surface area contributed by atoms with Gasteiger partial charge in [-0.15, -0.1) is 0 Å². The molecule has 88 valence electrons. The van der Waals surface area contributed by atoms with Crippen LogP contribution in [0.3, 0.4) is 0 Å².